The second-order valence-corrected chi connectivity index (χ2v) is 14.6. The molecule has 0 radical (unpaired) electrons. The molecule has 5 atom stereocenters. The number of carbonyl (C=O) groups is 1. The molecule has 1 fully saturated rings. The number of aryl methyl sites for hydroxylation is 1. The van der Waals surface area contributed by atoms with Crippen molar-refractivity contribution < 1.29 is 59.1 Å². The summed E-state index contributed by atoms with van der Waals surface area (Å²) in [6, 6.07) is 8.94. The zero-order chi connectivity index (χ0) is 33.0. The van der Waals surface area contributed by atoms with Crippen LogP contribution in [0.3, 0.4) is 0 Å². The summed E-state index contributed by atoms with van der Waals surface area (Å²) in [5.74, 6) is -0.0349. The third-order valence-corrected chi connectivity index (χ3v) is 9.80. The number of aliphatic hydroxyl groups is 4. The first-order valence-electron chi connectivity index (χ1n) is 14.6. The van der Waals surface area contributed by atoms with Crippen LogP contribution >= 0.6 is 21.6 Å². The minimum absolute atomic E-state index is 0.0341. The molecule has 1 saturated heterocycles. The highest BCUT2D eigenvalue weighted by Gasteiger charge is 2.45. The minimum Gasteiger partial charge on any atom is -0.508 e. The van der Waals surface area contributed by atoms with Crippen LogP contribution in [-0.2, 0) is 20.6 Å². The zero-order valence-corrected chi connectivity index (χ0v) is 27.3. The molecule has 1 aliphatic rings. The average Bonchev–Trinajstić information content (AvgIpc) is 2.99. The zero-order valence-electron chi connectivity index (χ0n) is 25.7. The third kappa shape index (κ3) is 12.1. The van der Waals surface area contributed by atoms with E-state index in [2.05, 4.69) is 20.8 Å². The van der Waals surface area contributed by atoms with Gasteiger partial charge in [-0.3, -0.25) is 4.79 Å². The van der Waals surface area contributed by atoms with Crippen LogP contribution in [-0.4, -0.2) is 117 Å². The lowest BCUT2D eigenvalue weighted by molar-refractivity contribution is -0.277. The van der Waals surface area contributed by atoms with Gasteiger partial charge in [0, 0.05) is 29.1 Å². The molecular formula is C31H44O12S2. The van der Waals surface area contributed by atoms with Crippen molar-refractivity contribution in [2.75, 3.05) is 45.4 Å². The Balaban J connectivity index is 1.61. The summed E-state index contributed by atoms with van der Waals surface area (Å²) in [6.45, 7) is 7.54. The molecule has 45 heavy (non-hydrogen) atoms. The lowest BCUT2D eigenvalue weighted by Gasteiger charge is -2.39. The SMILES string of the molecule is CC(C)(C)SSCCOCCOCCOc1cc(O)c(C(=O)CCc2ccc(O)cc2)c(OC2OC(CO)[C@@H](O)C(O)[C@@H]2O)c1. The summed E-state index contributed by atoms with van der Waals surface area (Å²) in [5, 5.41) is 60.7. The van der Waals surface area contributed by atoms with E-state index in [1.165, 1.54) is 24.3 Å². The van der Waals surface area contributed by atoms with Crippen molar-refractivity contribution in [1.82, 2.24) is 0 Å². The summed E-state index contributed by atoms with van der Waals surface area (Å²) in [6.07, 6.45) is -7.61. The van der Waals surface area contributed by atoms with Gasteiger partial charge in [0.05, 0.1) is 33.0 Å². The Hall–Kier alpha value is -2.27. The third-order valence-electron chi connectivity index (χ3n) is 6.49. The monoisotopic (exact) mass is 672 g/mol. The van der Waals surface area contributed by atoms with Gasteiger partial charge in [-0.25, -0.2) is 0 Å². The molecule has 6 N–H and O–H groups in total. The van der Waals surface area contributed by atoms with Crippen LogP contribution in [0.4, 0.5) is 0 Å². The van der Waals surface area contributed by atoms with Crippen molar-refractivity contribution >= 4 is 27.4 Å². The fourth-order valence-electron chi connectivity index (χ4n) is 4.22. The lowest BCUT2D eigenvalue weighted by atomic mass is 9.99. The van der Waals surface area contributed by atoms with E-state index >= 15 is 0 Å². The van der Waals surface area contributed by atoms with E-state index in [0.717, 1.165) is 11.3 Å². The number of aromatic hydroxyl groups is 2. The van der Waals surface area contributed by atoms with Crippen molar-refractivity contribution in [1.29, 1.82) is 0 Å². The molecular weight excluding hydrogens is 628 g/mol. The van der Waals surface area contributed by atoms with Crippen LogP contribution in [0.5, 0.6) is 23.0 Å². The molecule has 2 aromatic carbocycles. The Bertz CT molecular complexity index is 1190. The number of rotatable bonds is 18. The molecule has 0 aliphatic carbocycles. The summed E-state index contributed by atoms with van der Waals surface area (Å²) in [4.78, 5) is 13.3. The smallest absolute Gasteiger partial charge is 0.229 e. The number of aliphatic hydroxyl groups excluding tert-OH is 4. The largest absolute Gasteiger partial charge is 0.508 e. The molecule has 1 aliphatic heterocycles. The van der Waals surface area contributed by atoms with Crippen LogP contribution < -0.4 is 9.47 Å². The molecule has 0 saturated carbocycles. The predicted molar refractivity (Wildman–Crippen MR) is 170 cm³/mol. The van der Waals surface area contributed by atoms with Crippen LogP contribution in [0.2, 0.25) is 0 Å². The van der Waals surface area contributed by atoms with Crippen molar-refractivity contribution in [3.8, 4) is 23.0 Å². The summed E-state index contributed by atoms with van der Waals surface area (Å²) >= 11 is 0. The van der Waals surface area contributed by atoms with Gasteiger partial charge in [0.25, 0.3) is 0 Å². The van der Waals surface area contributed by atoms with E-state index in [1.54, 1.807) is 22.9 Å². The number of carbonyl (C=O) groups excluding carboxylic acids is 1. The van der Waals surface area contributed by atoms with Crippen molar-refractivity contribution in [3.05, 3.63) is 47.5 Å². The second kappa shape index (κ2) is 18.2. The summed E-state index contributed by atoms with van der Waals surface area (Å²) in [5.41, 5.74) is 0.575. The van der Waals surface area contributed by atoms with Gasteiger partial charge in [0.1, 0.15) is 59.6 Å². The highest BCUT2D eigenvalue weighted by Crippen LogP contribution is 2.37. The summed E-state index contributed by atoms with van der Waals surface area (Å²) in [7, 11) is 3.57. The second-order valence-electron chi connectivity index (χ2n) is 11.3. The Morgan fingerprint density at radius 1 is 0.911 bits per heavy atom. The number of hydrogen-bond acceptors (Lipinski definition) is 14. The van der Waals surface area contributed by atoms with Gasteiger partial charge in [-0.1, -0.05) is 54.5 Å². The predicted octanol–water partition coefficient (Wildman–Crippen LogP) is 2.68. The maximum Gasteiger partial charge on any atom is 0.229 e. The van der Waals surface area contributed by atoms with Gasteiger partial charge in [-0.2, -0.15) is 0 Å². The topological polar surface area (TPSA) is 185 Å². The maximum absolute atomic E-state index is 13.3. The molecule has 0 aromatic heterocycles. The van der Waals surface area contributed by atoms with Gasteiger partial charge in [0.15, 0.2) is 5.78 Å². The van der Waals surface area contributed by atoms with Gasteiger partial charge < -0.3 is 54.3 Å². The number of ether oxygens (including phenoxy) is 5. The number of Topliss-reactive ketones (excluding diaryl/α,β-unsaturated/α-hetero) is 1. The Labute approximate surface area is 271 Å². The number of ketones is 1. The van der Waals surface area contributed by atoms with E-state index in [0.29, 0.717) is 26.2 Å². The van der Waals surface area contributed by atoms with E-state index in [-0.39, 0.29) is 47.2 Å². The van der Waals surface area contributed by atoms with E-state index in [1.807, 2.05) is 10.8 Å². The molecule has 0 bridgehead atoms. The van der Waals surface area contributed by atoms with E-state index < -0.39 is 48.8 Å². The molecule has 252 valence electrons. The number of hydrogen-bond donors (Lipinski definition) is 6. The Morgan fingerprint density at radius 3 is 2.24 bits per heavy atom. The minimum atomic E-state index is -1.74. The molecule has 3 rings (SSSR count). The van der Waals surface area contributed by atoms with E-state index in [4.69, 9.17) is 23.7 Å². The van der Waals surface area contributed by atoms with Crippen molar-refractivity contribution in [2.45, 2.75) is 69.1 Å². The highest BCUT2D eigenvalue weighted by atomic mass is 33.1. The standard InChI is InChI=1S/C31H44O12S2/c1-31(2,3)45-44-15-14-40-11-10-39-12-13-41-21-16-23(35)26(22(34)9-6-19-4-7-20(33)8-5-19)24(17-21)42-30-29(38)28(37)27(36)25(18-32)43-30/h4-5,7-8,16-17,25,27-30,32-33,35-38H,6,9-15,18H2,1-3H3/t25?,27-,28?,29+,30?/m1/s1. The normalized spacial score (nSPS) is 21.9. The number of benzene rings is 2. The molecule has 2 aromatic rings. The Morgan fingerprint density at radius 2 is 1.58 bits per heavy atom. The lowest BCUT2D eigenvalue weighted by Crippen LogP contribution is -2.60. The van der Waals surface area contributed by atoms with Gasteiger partial charge in [-0.05, 0) is 24.1 Å². The fraction of sp³-hybridized carbons (Fsp3) is 0.581. The molecule has 14 heteroatoms. The first kappa shape index (κ1) is 37.2. The quantitative estimate of drug-likeness (QED) is 0.0772. The van der Waals surface area contributed by atoms with Gasteiger partial charge >= 0.3 is 0 Å². The van der Waals surface area contributed by atoms with Crippen molar-refractivity contribution in [3.63, 3.8) is 0 Å². The first-order chi connectivity index (χ1) is 21.4. The first-order valence-corrected chi connectivity index (χ1v) is 17.0. The van der Waals surface area contributed by atoms with Crippen LogP contribution in [0, 0.1) is 0 Å². The molecule has 0 spiro atoms. The van der Waals surface area contributed by atoms with Crippen LogP contribution in [0.25, 0.3) is 0 Å². The highest BCUT2D eigenvalue weighted by molar-refractivity contribution is 8.77. The molecule has 12 nitrogen and oxygen atoms in total. The number of phenols is 2. The molecule has 0 amide bonds. The van der Waals surface area contributed by atoms with Crippen LogP contribution in [0.15, 0.2) is 36.4 Å². The molecule has 1 heterocycles. The summed E-state index contributed by atoms with van der Waals surface area (Å²) < 4.78 is 28.3. The van der Waals surface area contributed by atoms with Crippen molar-refractivity contribution in [2.24, 2.45) is 0 Å². The van der Waals surface area contributed by atoms with Crippen LogP contribution in [0.1, 0.15) is 43.1 Å². The van der Waals surface area contributed by atoms with E-state index in [9.17, 15) is 35.4 Å². The molecule has 3 unspecified atom stereocenters. The fourth-order valence-corrected chi connectivity index (χ4v) is 6.36. The average molecular weight is 673 g/mol. The maximum atomic E-state index is 13.3. The Kier molecular flexibility index (Phi) is 15.0. The van der Waals surface area contributed by atoms with Gasteiger partial charge in [0.2, 0.25) is 6.29 Å². The number of phenolic OH excluding ortho intramolecular Hbond substituents is 2. The van der Waals surface area contributed by atoms with Gasteiger partial charge in [-0.15, -0.1) is 0 Å².